The lowest BCUT2D eigenvalue weighted by atomic mass is 9.85. The molecule has 1 saturated heterocycles. The van der Waals surface area contributed by atoms with Gasteiger partial charge in [-0.15, -0.1) is 0 Å². The van der Waals surface area contributed by atoms with Crippen molar-refractivity contribution >= 4 is 0 Å². The molecule has 0 radical (unpaired) electrons. The van der Waals surface area contributed by atoms with E-state index in [2.05, 4.69) is 37.5 Å². The lowest BCUT2D eigenvalue weighted by Crippen LogP contribution is -2.51. The molecular formula is C15H31N3. The molecular weight excluding hydrogens is 222 g/mol. The van der Waals surface area contributed by atoms with Gasteiger partial charge in [0, 0.05) is 44.8 Å². The molecule has 2 aliphatic rings. The van der Waals surface area contributed by atoms with Crippen LogP contribution in [-0.4, -0.2) is 54.6 Å². The van der Waals surface area contributed by atoms with Gasteiger partial charge in [-0.2, -0.15) is 0 Å². The molecule has 1 aliphatic carbocycles. The first kappa shape index (κ1) is 14.3. The van der Waals surface area contributed by atoms with Gasteiger partial charge in [0.2, 0.25) is 0 Å². The van der Waals surface area contributed by atoms with Crippen LogP contribution in [0, 0.1) is 11.3 Å². The Hall–Kier alpha value is -0.120. The fourth-order valence-electron chi connectivity index (χ4n) is 3.54. The Balaban J connectivity index is 1.79. The molecule has 2 fully saturated rings. The molecule has 0 aromatic carbocycles. The Morgan fingerprint density at radius 2 is 1.78 bits per heavy atom. The second kappa shape index (κ2) is 5.48. The minimum atomic E-state index is 0.352. The highest BCUT2D eigenvalue weighted by molar-refractivity contribution is 4.95. The zero-order chi connectivity index (χ0) is 13.3. The quantitative estimate of drug-likeness (QED) is 0.832. The maximum absolute atomic E-state index is 6.41. The standard InChI is InChI=1S/C15H31N3/c1-12(2)18-9-7-17(8-10-18)11-13-5-6-15(3,4)14(13)16/h12-14H,5-11,16H2,1-4H3. The van der Waals surface area contributed by atoms with Crippen LogP contribution >= 0.6 is 0 Å². The first-order valence-electron chi connectivity index (χ1n) is 7.62. The maximum atomic E-state index is 6.41. The van der Waals surface area contributed by atoms with Crippen molar-refractivity contribution in [2.75, 3.05) is 32.7 Å². The number of piperazine rings is 1. The minimum absolute atomic E-state index is 0.352. The zero-order valence-electron chi connectivity index (χ0n) is 12.7. The summed E-state index contributed by atoms with van der Waals surface area (Å²) >= 11 is 0. The Labute approximate surface area is 113 Å². The Bertz CT molecular complexity index is 267. The lowest BCUT2D eigenvalue weighted by Gasteiger charge is -2.39. The van der Waals surface area contributed by atoms with Crippen LogP contribution in [0.5, 0.6) is 0 Å². The monoisotopic (exact) mass is 253 g/mol. The molecule has 1 heterocycles. The van der Waals surface area contributed by atoms with Gasteiger partial charge in [0.15, 0.2) is 0 Å². The molecule has 2 N–H and O–H groups in total. The highest BCUT2D eigenvalue weighted by Crippen LogP contribution is 2.40. The molecule has 3 heteroatoms. The Morgan fingerprint density at radius 1 is 1.17 bits per heavy atom. The fourth-order valence-corrected chi connectivity index (χ4v) is 3.54. The summed E-state index contributed by atoms with van der Waals surface area (Å²) in [4.78, 5) is 5.21. The van der Waals surface area contributed by atoms with Gasteiger partial charge in [-0.3, -0.25) is 4.90 Å². The highest BCUT2D eigenvalue weighted by atomic mass is 15.3. The average Bonchev–Trinajstić information content (AvgIpc) is 2.57. The minimum Gasteiger partial charge on any atom is -0.327 e. The molecule has 1 aliphatic heterocycles. The van der Waals surface area contributed by atoms with E-state index in [1.54, 1.807) is 0 Å². The van der Waals surface area contributed by atoms with Gasteiger partial charge in [-0.25, -0.2) is 0 Å². The van der Waals surface area contributed by atoms with Crippen LogP contribution in [0.2, 0.25) is 0 Å². The van der Waals surface area contributed by atoms with Crippen molar-refractivity contribution in [3.8, 4) is 0 Å². The van der Waals surface area contributed by atoms with E-state index in [1.807, 2.05) is 0 Å². The van der Waals surface area contributed by atoms with Gasteiger partial charge in [-0.1, -0.05) is 13.8 Å². The molecule has 0 aromatic rings. The number of nitrogens with two attached hydrogens (primary N) is 1. The molecule has 3 nitrogen and oxygen atoms in total. The number of rotatable bonds is 3. The van der Waals surface area contributed by atoms with Gasteiger partial charge in [0.05, 0.1) is 0 Å². The van der Waals surface area contributed by atoms with Crippen molar-refractivity contribution in [2.24, 2.45) is 17.1 Å². The molecule has 106 valence electrons. The van der Waals surface area contributed by atoms with Crippen LogP contribution in [-0.2, 0) is 0 Å². The van der Waals surface area contributed by atoms with E-state index >= 15 is 0 Å². The summed E-state index contributed by atoms with van der Waals surface area (Å²) in [6.07, 6.45) is 2.61. The Morgan fingerprint density at radius 3 is 2.22 bits per heavy atom. The molecule has 2 rings (SSSR count). The number of hydrogen-bond donors (Lipinski definition) is 1. The number of hydrogen-bond acceptors (Lipinski definition) is 3. The van der Waals surface area contributed by atoms with Gasteiger partial charge in [0.1, 0.15) is 0 Å². The summed E-state index contributed by atoms with van der Waals surface area (Å²) in [5.74, 6) is 0.714. The van der Waals surface area contributed by atoms with E-state index in [1.165, 1.54) is 45.6 Å². The lowest BCUT2D eigenvalue weighted by molar-refractivity contribution is 0.0929. The van der Waals surface area contributed by atoms with Crippen molar-refractivity contribution in [3.63, 3.8) is 0 Å². The second-order valence-corrected chi connectivity index (χ2v) is 7.24. The topological polar surface area (TPSA) is 32.5 Å². The molecule has 0 amide bonds. The second-order valence-electron chi connectivity index (χ2n) is 7.24. The zero-order valence-corrected chi connectivity index (χ0v) is 12.7. The van der Waals surface area contributed by atoms with E-state index in [-0.39, 0.29) is 0 Å². The molecule has 1 saturated carbocycles. The van der Waals surface area contributed by atoms with Crippen molar-refractivity contribution in [1.29, 1.82) is 0 Å². The first-order chi connectivity index (χ1) is 8.40. The fraction of sp³-hybridized carbons (Fsp3) is 1.00. The van der Waals surface area contributed by atoms with E-state index in [4.69, 9.17) is 5.73 Å². The average molecular weight is 253 g/mol. The third kappa shape index (κ3) is 3.06. The Kier molecular flexibility index (Phi) is 4.35. The van der Waals surface area contributed by atoms with E-state index < -0.39 is 0 Å². The largest absolute Gasteiger partial charge is 0.327 e. The third-order valence-corrected chi connectivity index (χ3v) is 5.20. The van der Waals surface area contributed by atoms with Crippen LogP contribution < -0.4 is 5.73 Å². The van der Waals surface area contributed by atoms with Crippen LogP contribution in [0.1, 0.15) is 40.5 Å². The van der Waals surface area contributed by atoms with Crippen LogP contribution in [0.4, 0.5) is 0 Å². The summed E-state index contributed by atoms with van der Waals surface area (Å²) < 4.78 is 0. The SMILES string of the molecule is CC(C)N1CCN(CC2CCC(C)(C)C2N)CC1. The molecule has 2 atom stereocenters. The van der Waals surface area contributed by atoms with E-state index in [0.717, 1.165) is 0 Å². The van der Waals surface area contributed by atoms with Gasteiger partial charge < -0.3 is 10.6 Å². The van der Waals surface area contributed by atoms with Crippen LogP contribution in [0.15, 0.2) is 0 Å². The van der Waals surface area contributed by atoms with Crippen LogP contribution in [0.25, 0.3) is 0 Å². The van der Waals surface area contributed by atoms with E-state index in [9.17, 15) is 0 Å². The van der Waals surface area contributed by atoms with Crippen molar-refractivity contribution in [1.82, 2.24) is 9.80 Å². The third-order valence-electron chi connectivity index (χ3n) is 5.20. The maximum Gasteiger partial charge on any atom is 0.0131 e. The molecule has 2 unspecified atom stereocenters. The number of nitrogens with zero attached hydrogens (tertiary/aromatic N) is 2. The smallest absolute Gasteiger partial charge is 0.0131 e. The molecule has 0 spiro atoms. The summed E-state index contributed by atoms with van der Waals surface area (Å²) in [5.41, 5.74) is 6.76. The molecule has 18 heavy (non-hydrogen) atoms. The van der Waals surface area contributed by atoms with Crippen molar-refractivity contribution < 1.29 is 0 Å². The molecule has 0 bridgehead atoms. The predicted octanol–water partition coefficient (Wildman–Crippen LogP) is 1.78. The van der Waals surface area contributed by atoms with Gasteiger partial charge in [0.25, 0.3) is 0 Å². The summed E-state index contributed by atoms with van der Waals surface area (Å²) in [7, 11) is 0. The molecule has 0 aromatic heterocycles. The van der Waals surface area contributed by atoms with Gasteiger partial charge in [-0.05, 0) is 38.0 Å². The summed E-state index contributed by atoms with van der Waals surface area (Å²) in [6, 6.07) is 1.08. The highest BCUT2D eigenvalue weighted by Gasteiger charge is 2.40. The summed E-state index contributed by atoms with van der Waals surface area (Å²) in [6.45, 7) is 15.4. The normalized spacial score (nSPS) is 34.3. The first-order valence-corrected chi connectivity index (χ1v) is 7.62. The predicted molar refractivity (Wildman–Crippen MR) is 77.6 cm³/mol. The van der Waals surface area contributed by atoms with Crippen molar-refractivity contribution in [3.05, 3.63) is 0 Å². The van der Waals surface area contributed by atoms with Gasteiger partial charge >= 0.3 is 0 Å². The van der Waals surface area contributed by atoms with E-state index in [0.29, 0.717) is 23.4 Å². The van der Waals surface area contributed by atoms with Crippen molar-refractivity contribution in [2.45, 2.75) is 52.6 Å². The van der Waals surface area contributed by atoms with Crippen LogP contribution in [0.3, 0.4) is 0 Å². The summed E-state index contributed by atoms with van der Waals surface area (Å²) in [5, 5.41) is 0.